The van der Waals surface area contributed by atoms with Gasteiger partial charge >= 0.3 is 0 Å². The molecule has 0 fully saturated rings. The van der Waals surface area contributed by atoms with Gasteiger partial charge in [0.1, 0.15) is 5.82 Å². The van der Waals surface area contributed by atoms with Crippen molar-refractivity contribution in [2.45, 2.75) is 17.5 Å². The van der Waals surface area contributed by atoms with Crippen LogP contribution in [-0.4, -0.2) is 27.5 Å². The van der Waals surface area contributed by atoms with Crippen LogP contribution in [0.15, 0.2) is 51.3 Å². The quantitative estimate of drug-likeness (QED) is 0.381. The van der Waals surface area contributed by atoms with Crippen molar-refractivity contribution < 1.29 is 9.59 Å². The van der Waals surface area contributed by atoms with Crippen molar-refractivity contribution in [1.82, 2.24) is 9.97 Å². The molecular weight excluding hydrogens is 420 g/mol. The lowest BCUT2D eigenvalue weighted by Crippen LogP contribution is -2.36. The fourth-order valence-electron chi connectivity index (χ4n) is 2.58. The highest BCUT2D eigenvalue weighted by molar-refractivity contribution is 9.10. The number of hydrogen-bond acceptors (Lipinski definition) is 5. The number of benzene rings is 1. The average Bonchev–Trinajstić information content (AvgIpc) is 2.58. The van der Waals surface area contributed by atoms with E-state index in [0.29, 0.717) is 16.6 Å². The van der Waals surface area contributed by atoms with Gasteiger partial charge in [-0.05, 0) is 18.2 Å². The van der Waals surface area contributed by atoms with Crippen LogP contribution in [0.1, 0.15) is 17.9 Å². The maximum atomic E-state index is 12.7. The van der Waals surface area contributed by atoms with E-state index in [2.05, 4.69) is 43.1 Å². The van der Waals surface area contributed by atoms with E-state index in [0.717, 1.165) is 4.47 Å². The van der Waals surface area contributed by atoms with E-state index < -0.39 is 17.4 Å². The van der Waals surface area contributed by atoms with Gasteiger partial charge < -0.3 is 15.6 Å². The van der Waals surface area contributed by atoms with E-state index in [-0.39, 0.29) is 23.7 Å². The predicted molar refractivity (Wildman–Crippen MR) is 105 cm³/mol. The Morgan fingerprint density at radius 1 is 1.46 bits per heavy atom. The van der Waals surface area contributed by atoms with Crippen LogP contribution < -0.4 is 16.2 Å². The molecule has 7 nitrogen and oxygen atoms in total. The molecule has 2 amide bonds. The number of anilines is 2. The summed E-state index contributed by atoms with van der Waals surface area (Å²) >= 11 is 4.61. The van der Waals surface area contributed by atoms with Crippen LogP contribution in [0.5, 0.6) is 0 Å². The number of thioether (sulfide) groups is 1. The molecule has 0 radical (unpaired) electrons. The monoisotopic (exact) mass is 434 g/mol. The number of aromatic amines is 1. The summed E-state index contributed by atoms with van der Waals surface area (Å²) in [6, 6.07) is 7.07. The molecule has 2 heterocycles. The zero-order chi connectivity index (χ0) is 18.7. The second kappa shape index (κ2) is 7.88. The van der Waals surface area contributed by atoms with Crippen LogP contribution in [-0.2, 0) is 9.59 Å². The lowest BCUT2D eigenvalue weighted by atomic mass is 9.92. The van der Waals surface area contributed by atoms with Gasteiger partial charge in [0, 0.05) is 22.3 Å². The third kappa shape index (κ3) is 4.05. The smallest absolute Gasteiger partial charge is 0.257 e. The number of amides is 2. The molecule has 1 aliphatic rings. The zero-order valence-electron chi connectivity index (χ0n) is 13.5. The molecule has 2 aromatic rings. The minimum Gasteiger partial charge on any atom is -0.326 e. The Kier molecular flexibility index (Phi) is 5.58. The summed E-state index contributed by atoms with van der Waals surface area (Å²) in [7, 11) is 0. The van der Waals surface area contributed by atoms with Crippen molar-refractivity contribution in [3.05, 3.63) is 57.3 Å². The van der Waals surface area contributed by atoms with E-state index >= 15 is 0 Å². The highest BCUT2D eigenvalue weighted by Gasteiger charge is 2.34. The number of nitrogens with one attached hydrogen (secondary N) is 3. The van der Waals surface area contributed by atoms with Crippen LogP contribution in [0.25, 0.3) is 0 Å². The molecule has 134 valence electrons. The second-order valence-electron chi connectivity index (χ2n) is 5.54. The third-order valence-electron chi connectivity index (χ3n) is 3.68. The Morgan fingerprint density at radius 3 is 3.00 bits per heavy atom. The first-order chi connectivity index (χ1) is 12.5. The Bertz CT molecular complexity index is 944. The minimum absolute atomic E-state index is 0.114. The Labute approximate surface area is 161 Å². The van der Waals surface area contributed by atoms with Crippen LogP contribution in [0, 0.1) is 0 Å². The van der Waals surface area contributed by atoms with Crippen molar-refractivity contribution in [1.29, 1.82) is 0 Å². The van der Waals surface area contributed by atoms with Gasteiger partial charge in [-0.1, -0.05) is 39.8 Å². The van der Waals surface area contributed by atoms with Crippen molar-refractivity contribution in [2.24, 2.45) is 0 Å². The molecule has 1 aromatic heterocycles. The molecule has 0 saturated carbocycles. The molecule has 26 heavy (non-hydrogen) atoms. The fourth-order valence-corrected chi connectivity index (χ4v) is 3.57. The van der Waals surface area contributed by atoms with Crippen molar-refractivity contribution >= 4 is 51.0 Å². The number of rotatable bonds is 5. The molecule has 0 spiro atoms. The molecule has 0 aliphatic carbocycles. The number of nitrogens with zero attached hydrogens (tertiary/aromatic N) is 1. The van der Waals surface area contributed by atoms with Gasteiger partial charge in [0.15, 0.2) is 5.16 Å². The summed E-state index contributed by atoms with van der Waals surface area (Å²) < 4.78 is 0.806. The summed E-state index contributed by atoms with van der Waals surface area (Å²) in [6.07, 6.45) is 1.56. The van der Waals surface area contributed by atoms with E-state index in [4.69, 9.17) is 0 Å². The molecule has 1 unspecified atom stereocenters. The molecule has 9 heteroatoms. The van der Waals surface area contributed by atoms with E-state index in [1.54, 1.807) is 24.3 Å². The summed E-state index contributed by atoms with van der Waals surface area (Å²) in [5, 5.41) is 5.68. The van der Waals surface area contributed by atoms with E-state index in [1.807, 2.05) is 6.07 Å². The molecule has 3 rings (SSSR count). The van der Waals surface area contributed by atoms with E-state index in [1.165, 1.54) is 11.8 Å². The number of fused-ring (bicyclic) bond motifs is 1. The van der Waals surface area contributed by atoms with Crippen molar-refractivity contribution in [3.63, 3.8) is 0 Å². The highest BCUT2D eigenvalue weighted by Crippen LogP contribution is 2.30. The van der Waals surface area contributed by atoms with Crippen LogP contribution in [0.4, 0.5) is 11.5 Å². The largest absolute Gasteiger partial charge is 0.326 e. The third-order valence-corrected chi connectivity index (χ3v) is 5.04. The topological polar surface area (TPSA) is 104 Å². The first-order valence-corrected chi connectivity index (χ1v) is 9.50. The average molecular weight is 435 g/mol. The number of carbonyl (C=O) groups excluding carboxylic acids is 2. The molecule has 1 atom stereocenters. The SMILES string of the molecule is C=CCSc1nc2c(c(=O)[nH]1)C(C(=O)Nc1cccc(Br)c1)CC(=O)N2. The second-order valence-corrected chi connectivity index (χ2v) is 7.46. The molecule has 1 aliphatic heterocycles. The Balaban J connectivity index is 1.92. The first kappa shape index (κ1) is 18.4. The minimum atomic E-state index is -0.910. The van der Waals surface area contributed by atoms with E-state index in [9.17, 15) is 14.4 Å². The van der Waals surface area contributed by atoms with Gasteiger partial charge in [0.25, 0.3) is 5.56 Å². The standard InChI is InChI=1S/C17H15BrN4O3S/c1-2-6-26-17-21-14-13(16(25)22-17)11(8-12(23)20-14)15(24)19-10-5-3-4-9(18)7-10/h2-5,7,11H,1,6,8H2,(H,19,24)(H2,20,21,22,23,25). The molecule has 1 aromatic carbocycles. The van der Waals surface area contributed by atoms with Gasteiger partial charge in [0.05, 0.1) is 11.5 Å². The van der Waals surface area contributed by atoms with Crippen molar-refractivity contribution in [3.8, 4) is 0 Å². The van der Waals surface area contributed by atoms with Gasteiger partial charge in [-0.3, -0.25) is 14.4 Å². The molecule has 0 saturated heterocycles. The van der Waals surface area contributed by atoms with Crippen LogP contribution in [0.3, 0.4) is 0 Å². The van der Waals surface area contributed by atoms with Crippen LogP contribution in [0.2, 0.25) is 0 Å². The summed E-state index contributed by atoms with van der Waals surface area (Å²) in [5.74, 6) is -1.01. The number of aromatic nitrogens is 2. The van der Waals surface area contributed by atoms with Gasteiger partial charge in [-0.25, -0.2) is 4.98 Å². The van der Waals surface area contributed by atoms with Gasteiger partial charge in [-0.15, -0.1) is 6.58 Å². The maximum absolute atomic E-state index is 12.7. The summed E-state index contributed by atoms with van der Waals surface area (Å²) in [5.41, 5.74) is 0.301. The van der Waals surface area contributed by atoms with Gasteiger partial charge in [0.2, 0.25) is 11.8 Å². The number of hydrogen-bond donors (Lipinski definition) is 3. The molecular formula is C17H15BrN4O3S. The lowest BCUT2D eigenvalue weighted by molar-refractivity contribution is -0.123. The number of halogens is 1. The number of H-pyrrole nitrogens is 1. The van der Waals surface area contributed by atoms with Gasteiger partial charge in [-0.2, -0.15) is 0 Å². The lowest BCUT2D eigenvalue weighted by Gasteiger charge is -2.23. The molecule has 0 bridgehead atoms. The summed E-state index contributed by atoms with van der Waals surface area (Å²) in [6.45, 7) is 3.61. The van der Waals surface area contributed by atoms with Crippen molar-refractivity contribution in [2.75, 3.05) is 16.4 Å². The summed E-state index contributed by atoms with van der Waals surface area (Å²) in [4.78, 5) is 44.1. The Hall–Kier alpha value is -2.39. The number of carbonyl (C=O) groups is 2. The zero-order valence-corrected chi connectivity index (χ0v) is 15.9. The maximum Gasteiger partial charge on any atom is 0.257 e. The Morgan fingerprint density at radius 2 is 2.27 bits per heavy atom. The predicted octanol–water partition coefficient (Wildman–Crippen LogP) is 2.88. The highest BCUT2D eigenvalue weighted by atomic mass is 79.9. The first-order valence-electron chi connectivity index (χ1n) is 7.72. The fraction of sp³-hybridized carbons (Fsp3) is 0.176. The van der Waals surface area contributed by atoms with Crippen LogP contribution >= 0.6 is 27.7 Å². The molecule has 3 N–H and O–H groups in total. The normalized spacial score (nSPS) is 15.7.